The van der Waals surface area contributed by atoms with Gasteiger partial charge in [0.2, 0.25) is 0 Å². The van der Waals surface area contributed by atoms with Crippen molar-refractivity contribution in [3.63, 3.8) is 0 Å². The molecule has 3 aliphatic heterocycles. The van der Waals surface area contributed by atoms with Crippen LogP contribution in [0.3, 0.4) is 0 Å². The second-order valence-corrected chi connectivity index (χ2v) is 6.00. The van der Waals surface area contributed by atoms with Gasteiger partial charge in [0, 0.05) is 13.1 Å². The molecule has 6 nitrogen and oxygen atoms in total. The summed E-state index contributed by atoms with van der Waals surface area (Å²) in [5.41, 5.74) is 0. The van der Waals surface area contributed by atoms with Crippen molar-refractivity contribution in [3.8, 4) is 0 Å². The fourth-order valence-corrected chi connectivity index (χ4v) is 3.13. The molecule has 3 aliphatic rings. The standard InChI is InChI=1S/C14H23NO5/c1-9-11(15-4-6-17-7-5-15)12(16)13(19-9)10-8-18-14(2,3)20-10/h10-13,16H,1,4-8H2,2-3H3/t10-,11+,12-,13-/m1/s1. The molecule has 3 rings (SSSR count). The van der Waals surface area contributed by atoms with E-state index in [4.69, 9.17) is 18.9 Å². The first-order valence-electron chi connectivity index (χ1n) is 7.15. The number of ether oxygens (including phenoxy) is 4. The number of hydrogen-bond donors (Lipinski definition) is 1. The predicted octanol–water partition coefficient (Wildman–Crippen LogP) is 0.112. The molecule has 0 unspecified atom stereocenters. The van der Waals surface area contributed by atoms with Crippen LogP contribution in [-0.4, -0.2) is 73.1 Å². The summed E-state index contributed by atoms with van der Waals surface area (Å²) < 4.78 is 22.5. The molecule has 0 radical (unpaired) electrons. The van der Waals surface area contributed by atoms with Gasteiger partial charge in [0.25, 0.3) is 0 Å². The molecule has 3 saturated heterocycles. The highest BCUT2D eigenvalue weighted by atomic mass is 16.8. The Kier molecular flexibility index (Phi) is 3.77. The van der Waals surface area contributed by atoms with Gasteiger partial charge in [-0.05, 0) is 13.8 Å². The lowest BCUT2D eigenvalue weighted by Crippen LogP contribution is -2.50. The molecule has 0 aromatic heterocycles. The van der Waals surface area contributed by atoms with E-state index in [2.05, 4.69) is 11.5 Å². The third-order valence-electron chi connectivity index (χ3n) is 4.11. The molecule has 0 amide bonds. The van der Waals surface area contributed by atoms with E-state index in [1.807, 2.05) is 13.8 Å². The van der Waals surface area contributed by atoms with Gasteiger partial charge in [-0.25, -0.2) is 0 Å². The molecule has 0 aromatic rings. The summed E-state index contributed by atoms with van der Waals surface area (Å²) in [7, 11) is 0. The first-order valence-corrected chi connectivity index (χ1v) is 7.15. The SMILES string of the molecule is C=C1O[C@H]([C@H]2COC(C)(C)O2)[C@H](O)[C@H]1N1CCOCC1. The van der Waals surface area contributed by atoms with Crippen molar-refractivity contribution in [2.45, 2.75) is 44.0 Å². The average molecular weight is 285 g/mol. The number of aliphatic hydroxyl groups excluding tert-OH is 1. The van der Waals surface area contributed by atoms with Crippen molar-refractivity contribution < 1.29 is 24.1 Å². The Labute approximate surface area is 119 Å². The van der Waals surface area contributed by atoms with Crippen molar-refractivity contribution >= 4 is 0 Å². The van der Waals surface area contributed by atoms with Crippen molar-refractivity contribution in [1.29, 1.82) is 0 Å². The Morgan fingerprint density at radius 3 is 2.60 bits per heavy atom. The van der Waals surface area contributed by atoms with Crippen LogP contribution in [0, 0.1) is 0 Å². The quantitative estimate of drug-likeness (QED) is 0.777. The number of morpholine rings is 1. The summed E-state index contributed by atoms with van der Waals surface area (Å²) in [5, 5.41) is 10.6. The highest BCUT2D eigenvalue weighted by Gasteiger charge is 2.50. The average Bonchev–Trinajstić information content (AvgIpc) is 2.90. The van der Waals surface area contributed by atoms with E-state index in [1.54, 1.807) is 0 Å². The Balaban J connectivity index is 1.68. The molecule has 6 heteroatoms. The van der Waals surface area contributed by atoms with Crippen LogP contribution < -0.4 is 0 Å². The lowest BCUT2D eigenvalue weighted by molar-refractivity contribution is -0.156. The highest BCUT2D eigenvalue weighted by molar-refractivity contribution is 5.13. The van der Waals surface area contributed by atoms with Crippen LogP contribution in [0.1, 0.15) is 13.8 Å². The molecule has 114 valence electrons. The van der Waals surface area contributed by atoms with Crippen molar-refractivity contribution in [2.75, 3.05) is 32.9 Å². The van der Waals surface area contributed by atoms with Gasteiger partial charge >= 0.3 is 0 Å². The second-order valence-electron chi connectivity index (χ2n) is 6.00. The van der Waals surface area contributed by atoms with Gasteiger partial charge in [0.05, 0.1) is 25.9 Å². The van der Waals surface area contributed by atoms with Crippen LogP contribution in [0.5, 0.6) is 0 Å². The second kappa shape index (κ2) is 5.27. The van der Waals surface area contributed by atoms with Crippen LogP contribution >= 0.6 is 0 Å². The lowest BCUT2D eigenvalue weighted by atomic mass is 10.0. The summed E-state index contributed by atoms with van der Waals surface area (Å²) in [6, 6.07) is -0.184. The Bertz CT molecular complexity index is 380. The van der Waals surface area contributed by atoms with Crippen LogP contribution in [0.4, 0.5) is 0 Å². The largest absolute Gasteiger partial charge is 0.488 e. The normalized spacial score (nSPS) is 41.9. The molecule has 0 saturated carbocycles. The zero-order chi connectivity index (χ0) is 14.3. The molecule has 4 atom stereocenters. The third kappa shape index (κ3) is 2.58. The Hall–Kier alpha value is -0.660. The topological polar surface area (TPSA) is 60.4 Å². The summed E-state index contributed by atoms with van der Waals surface area (Å²) >= 11 is 0. The number of aliphatic hydroxyl groups is 1. The van der Waals surface area contributed by atoms with Gasteiger partial charge in [0.1, 0.15) is 18.0 Å². The molecule has 1 N–H and O–H groups in total. The van der Waals surface area contributed by atoms with Gasteiger partial charge in [-0.15, -0.1) is 0 Å². The summed E-state index contributed by atoms with van der Waals surface area (Å²) in [5.74, 6) is -0.00993. The van der Waals surface area contributed by atoms with Gasteiger partial charge in [-0.3, -0.25) is 4.90 Å². The lowest BCUT2D eigenvalue weighted by Gasteiger charge is -2.33. The van der Waals surface area contributed by atoms with Crippen LogP contribution in [0.2, 0.25) is 0 Å². The minimum atomic E-state index is -0.650. The summed E-state index contributed by atoms with van der Waals surface area (Å²) in [6.45, 7) is 11.0. The zero-order valence-electron chi connectivity index (χ0n) is 12.1. The highest BCUT2D eigenvalue weighted by Crippen LogP contribution is 2.35. The summed E-state index contributed by atoms with van der Waals surface area (Å²) in [6.07, 6.45) is -1.33. The minimum absolute atomic E-state index is 0.184. The molecule has 0 aromatic carbocycles. The van der Waals surface area contributed by atoms with E-state index in [-0.39, 0.29) is 12.1 Å². The molecule has 3 fully saturated rings. The fraction of sp³-hybridized carbons (Fsp3) is 0.857. The van der Waals surface area contributed by atoms with E-state index < -0.39 is 18.0 Å². The zero-order valence-corrected chi connectivity index (χ0v) is 12.1. The van der Waals surface area contributed by atoms with E-state index in [0.29, 0.717) is 25.6 Å². The van der Waals surface area contributed by atoms with Crippen molar-refractivity contribution in [2.24, 2.45) is 0 Å². The predicted molar refractivity (Wildman–Crippen MR) is 71.1 cm³/mol. The van der Waals surface area contributed by atoms with E-state index in [9.17, 15) is 5.11 Å². The maximum absolute atomic E-state index is 10.6. The molecule has 0 spiro atoms. The van der Waals surface area contributed by atoms with E-state index in [0.717, 1.165) is 13.1 Å². The molecule has 3 heterocycles. The minimum Gasteiger partial charge on any atom is -0.488 e. The van der Waals surface area contributed by atoms with Crippen LogP contribution in [0.25, 0.3) is 0 Å². The van der Waals surface area contributed by atoms with Crippen LogP contribution in [-0.2, 0) is 18.9 Å². The molecular formula is C14H23NO5. The monoisotopic (exact) mass is 285 g/mol. The van der Waals surface area contributed by atoms with Gasteiger partial charge in [-0.1, -0.05) is 6.58 Å². The molecule has 20 heavy (non-hydrogen) atoms. The third-order valence-corrected chi connectivity index (χ3v) is 4.11. The molecule has 0 bridgehead atoms. The number of rotatable bonds is 2. The number of nitrogens with zero attached hydrogens (tertiary/aromatic N) is 1. The van der Waals surface area contributed by atoms with E-state index in [1.165, 1.54) is 0 Å². The van der Waals surface area contributed by atoms with Crippen molar-refractivity contribution in [1.82, 2.24) is 4.90 Å². The Morgan fingerprint density at radius 1 is 1.30 bits per heavy atom. The van der Waals surface area contributed by atoms with Crippen molar-refractivity contribution in [3.05, 3.63) is 12.3 Å². The summed E-state index contributed by atoms with van der Waals surface area (Å²) in [4.78, 5) is 2.16. The van der Waals surface area contributed by atoms with Crippen LogP contribution in [0.15, 0.2) is 12.3 Å². The van der Waals surface area contributed by atoms with Gasteiger partial charge in [0.15, 0.2) is 11.9 Å². The first kappa shape index (κ1) is 14.3. The maximum Gasteiger partial charge on any atom is 0.163 e. The first-order chi connectivity index (χ1) is 9.48. The molecule has 0 aliphatic carbocycles. The van der Waals surface area contributed by atoms with Gasteiger partial charge in [-0.2, -0.15) is 0 Å². The van der Waals surface area contributed by atoms with Gasteiger partial charge < -0.3 is 24.1 Å². The fourth-order valence-electron chi connectivity index (χ4n) is 3.13. The smallest absolute Gasteiger partial charge is 0.163 e. The van der Waals surface area contributed by atoms with E-state index >= 15 is 0 Å². The molecular weight excluding hydrogens is 262 g/mol. The Morgan fingerprint density at radius 2 is 2.00 bits per heavy atom. The maximum atomic E-state index is 10.6. The number of hydrogen-bond acceptors (Lipinski definition) is 6.